The highest BCUT2D eigenvalue weighted by Crippen LogP contribution is 2.17. The number of para-hydroxylation sites is 2. The van der Waals surface area contributed by atoms with Gasteiger partial charge in [0, 0.05) is 6.92 Å². The fourth-order valence-electron chi connectivity index (χ4n) is 2.60. The molecule has 0 aliphatic carbocycles. The lowest BCUT2D eigenvalue weighted by molar-refractivity contribution is -0.131. The molecular weight excluding hydrogens is 324 g/mol. The molecule has 2 heterocycles. The van der Waals surface area contributed by atoms with Crippen LogP contribution >= 0.6 is 11.3 Å². The largest absolute Gasteiger partial charge is 0.427 e. The Morgan fingerprint density at radius 1 is 1.21 bits per heavy atom. The molecule has 0 saturated carbocycles. The first-order valence-corrected chi connectivity index (χ1v) is 8.14. The molecule has 0 bridgehead atoms. The minimum Gasteiger partial charge on any atom is -0.427 e. The number of carbonyl (C=O) groups excluding carboxylic acids is 1. The third-order valence-corrected chi connectivity index (χ3v) is 4.53. The number of fused-ring (bicyclic) bond motifs is 3. The standard InChI is InChI=1S/C18H12N2O3S/c1-11(21)23-13-6-4-5-12(9-13)10-16-17(22)20-15-8-3-2-7-14(15)19-18(20)24-16/h2-10H,1H3/b16-10+. The van der Waals surface area contributed by atoms with Crippen LogP contribution < -0.4 is 14.8 Å². The van der Waals surface area contributed by atoms with Crippen LogP contribution in [-0.4, -0.2) is 15.4 Å². The molecule has 118 valence electrons. The number of aromatic nitrogens is 2. The summed E-state index contributed by atoms with van der Waals surface area (Å²) in [6, 6.07) is 14.6. The van der Waals surface area contributed by atoms with Crippen LogP contribution in [0.3, 0.4) is 0 Å². The van der Waals surface area contributed by atoms with Crippen LogP contribution in [0.15, 0.2) is 53.3 Å². The van der Waals surface area contributed by atoms with E-state index in [1.54, 1.807) is 28.7 Å². The van der Waals surface area contributed by atoms with Crippen molar-refractivity contribution in [2.45, 2.75) is 6.92 Å². The van der Waals surface area contributed by atoms with Gasteiger partial charge in [-0.2, -0.15) is 0 Å². The summed E-state index contributed by atoms with van der Waals surface area (Å²) in [6.07, 6.45) is 1.78. The van der Waals surface area contributed by atoms with Gasteiger partial charge in [-0.25, -0.2) is 9.38 Å². The molecule has 4 aromatic rings. The van der Waals surface area contributed by atoms with Gasteiger partial charge < -0.3 is 4.74 Å². The third-order valence-electron chi connectivity index (χ3n) is 3.56. The van der Waals surface area contributed by atoms with E-state index < -0.39 is 0 Å². The summed E-state index contributed by atoms with van der Waals surface area (Å²) in [5, 5.41) is 0. The van der Waals surface area contributed by atoms with Crippen LogP contribution in [0.2, 0.25) is 0 Å². The molecule has 2 aromatic heterocycles. The quantitative estimate of drug-likeness (QED) is 0.416. The number of thiazole rings is 1. The van der Waals surface area contributed by atoms with Crippen molar-refractivity contribution in [3.8, 4) is 5.75 Å². The zero-order chi connectivity index (χ0) is 16.7. The Balaban J connectivity index is 1.87. The number of hydrogen-bond acceptors (Lipinski definition) is 5. The summed E-state index contributed by atoms with van der Waals surface area (Å²) in [5.41, 5.74) is 2.31. The Kier molecular flexibility index (Phi) is 3.39. The molecule has 5 nitrogen and oxygen atoms in total. The van der Waals surface area contributed by atoms with E-state index in [1.807, 2.05) is 30.3 Å². The molecule has 6 heteroatoms. The molecule has 0 atom stereocenters. The second kappa shape index (κ2) is 5.58. The van der Waals surface area contributed by atoms with E-state index in [4.69, 9.17) is 4.74 Å². The topological polar surface area (TPSA) is 60.7 Å². The van der Waals surface area contributed by atoms with Crippen molar-refractivity contribution in [3.05, 3.63) is 69.0 Å². The Morgan fingerprint density at radius 2 is 2.04 bits per heavy atom. The van der Waals surface area contributed by atoms with E-state index in [2.05, 4.69) is 4.98 Å². The van der Waals surface area contributed by atoms with Crippen LogP contribution in [-0.2, 0) is 4.79 Å². The number of imidazole rings is 1. The van der Waals surface area contributed by atoms with E-state index in [0.29, 0.717) is 15.2 Å². The molecule has 0 fully saturated rings. The predicted octanol–water partition coefficient (Wildman–Crippen LogP) is 2.38. The molecule has 0 aliphatic heterocycles. The van der Waals surface area contributed by atoms with Gasteiger partial charge in [0.05, 0.1) is 15.6 Å². The van der Waals surface area contributed by atoms with E-state index >= 15 is 0 Å². The lowest BCUT2D eigenvalue weighted by atomic mass is 10.2. The maximum Gasteiger partial charge on any atom is 0.308 e. The van der Waals surface area contributed by atoms with Gasteiger partial charge >= 0.3 is 5.97 Å². The number of rotatable bonds is 2. The summed E-state index contributed by atoms with van der Waals surface area (Å²) in [7, 11) is 0. The number of hydrogen-bond donors (Lipinski definition) is 0. The lowest BCUT2D eigenvalue weighted by Gasteiger charge is -2.01. The molecule has 0 spiro atoms. The third kappa shape index (κ3) is 2.47. The Hall–Kier alpha value is -2.99. The van der Waals surface area contributed by atoms with E-state index in [-0.39, 0.29) is 11.5 Å². The minimum absolute atomic E-state index is 0.0958. The highest BCUT2D eigenvalue weighted by atomic mass is 32.1. The van der Waals surface area contributed by atoms with Crippen molar-refractivity contribution < 1.29 is 9.53 Å². The highest BCUT2D eigenvalue weighted by molar-refractivity contribution is 7.15. The van der Waals surface area contributed by atoms with Gasteiger partial charge in [0.15, 0.2) is 4.96 Å². The normalized spacial score (nSPS) is 12.1. The molecule has 0 N–H and O–H groups in total. The van der Waals surface area contributed by atoms with Crippen LogP contribution in [0.1, 0.15) is 12.5 Å². The molecular formula is C18H12N2O3S. The summed E-state index contributed by atoms with van der Waals surface area (Å²) < 4.78 is 7.29. The second-order valence-electron chi connectivity index (χ2n) is 5.30. The van der Waals surface area contributed by atoms with Gasteiger partial charge in [-0.05, 0) is 35.9 Å². The SMILES string of the molecule is CC(=O)Oc1cccc(/C=c2/sc3nc4ccccc4n3c2=O)c1. The number of carbonyl (C=O) groups is 1. The average molecular weight is 336 g/mol. The average Bonchev–Trinajstić information content (AvgIpc) is 3.04. The summed E-state index contributed by atoms with van der Waals surface area (Å²) >= 11 is 1.34. The van der Waals surface area contributed by atoms with Crippen molar-refractivity contribution in [1.82, 2.24) is 9.38 Å². The maximum absolute atomic E-state index is 12.7. The van der Waals surface area contributed by atoms with Gasteiger partial charge in [-0.15, -0.1) is 0 Å². The van der Waals surface area contributed by atoms with Crippen LogP contribution in [0.4, 0.5) is 0 Å². The minimum atomic E-state index is -0.377. The smallest absolute Gasteiger partial charge is 0.308 e. The summed E-state index contributed by atoms with van der Waals surface area (Å²) in [5.74, 6) is 0.0770. The molecule has 0 amide bonds. The van der Waals surface area contributed by atoms with Gasteiger partial charge in [0.25, 0.3) is 5.56 Å². The Bertz CT molecular complexity index is 1190. The first-order chi connectivity index (χ1) is 11.6. The predicted molar refractivity (Wildman–Crippen MR) is 93.4 cm³/mol. The molecule has 0 saturated heterocycles. The van der Waals surface area contributed by atoms with Crippen molar-refractivity contribution >= 4 is 39.4 Å². The van der Waals surface area contributed by atoms with Crippen molar-refractivity contribution in [2.24, 2.45) is 0 Å². The van der Waals surface area contributed by atoms with Gasteiger partial charge in [-0.1, -0.05) is 35.6 Å². The number of benzene rings is 2. The van der Waals surface area contributed by atoms with Crippen molar-refractivity contribution in [1.29, 1.82) is 0 Å². The molecule has 0 unspecified atom stereocenters. The Labute approximate surface area is 140 Å². The van der Waals surface area contributed by atoms with Crippen molar-refractivity contribution in [3.63, 3.8) is 0 Å². The number of nitrogens with zero attached hydrogens (tertiary/aromatic N) is 2. The van der Waals surface area contributed by atoms with Crippen molar-refractivity contribution in [2.75, 3.05) is 0 Å². The fourth-order valence-corrected chi connectivity index (χ4v) is 3.58. The highest BCUT2D eigenvalue weighted by Gasteiger charge is 2.10. The summed E-state index contributed by atoms with van der Waals surface area (Å²) in [4.78, 5) is 28.9. The number of esters is 1. The van der Waals surface area contributed by atoms with Gasteiger partial charge in [0.2, 0.25) is 0 Å². The molecule has 4 rings (SSSR count). The zero-order valence-corrected chi connectivity index (χ0v) is 13.5. The van der Waals surface area contributed by atoms with Gasteiger partial charge in [0.1, 0.15) is 5.75 Å². The zero-order valence-electron chi connectivity index (χ0n) is 12.7. The first-order valence-electron chi connectivity index (χ1n) is 7.32. The molecule has 2 aromatic carbocycles. The van der Waals surface area contributed by atoms with Crippen LogP contribution in [0, 0.1) is 0 Å². The Morgan fingerprint density at radius 3 is 2.88 bits per heavy atom. The first kappa shape index (κ1) is 14.6. The second-order valence-corrected chi connectivity index (χ2v) is 6.31. The fraction of sp³-hybridized carbons (Fsp3) is 0.0556. The van der Waals surface area contributed by atoms with E-state index in [1.165, 1.54) is 18.3 Å². The van der Waals surface area contributed by atoms with E-state index in [0.717, 1.165) is 16.6 Å². The maximum atomic E-state index is 12.7. The molecule has 0 radical (unpaired) electrons. The van der Waals surface area contributed by atoms with E-state index in [9.17, 15) is 9.59 Å². The number of ether oxygens (including phenoxy) is 1. The van der Waals surface area contributed by atoms with Crippen LogP contribution in [0.5, 0.6) is 5.75 Å². The van der Waals surface area contributed by atoms with Crippen LogP contribution in [0.25, 0.3) is 22.1 Å². The molecule has 0 aliphatic rings. The van der Waals surface area contributed by atoms with Gasteiger partial charge in [-0.3, -0.25) is 9.59 Å². The monoisotopic (exact) mass is 336 g/mol. The lowest BCUT2D eigenvalue weighted by Crippen LogP contribution is -2.22. The summed E-state index contributed by atoms with van der Waals surface area (Å²) in [6.45, 7) is 1.35. The molecule has 24 heavy (non-hydrogen) atoms.